The molecule has 3 nitrogen and oxygen atoms in total. The summed E-state index contributed by atoms with van der Waals surface area (Å²) in [6.07, 6.45) is 7.27. The maximum atomic E-state index is 4.45. The van der Waals surface area contributed by atoms with Gasteiger partial charge in [-0.25, -0.2) is 4.98 Å². The van der Waals surface area contributed by atoms with Crippen molar-refractivity contribution in [2.24, 2.45) is 13.0 Å². The number of benzene rings is 1. The molecule has 3 heteroatoms. The highest BCUT2D eigenvalue weighted by molar-refractivity contribution is 5.32. The lowest BCUT2D eigenvalue weighted by Crippen LogP contribution is -2.36. The summed E-state index contributed by atoms with van der Waals surface area (Å²) in [6, 6.07) is 9.32. The fourth-order valence-electron chi connectivity index (χ4n) is 3.17. The molecule has 1 aromatic carbocycles. The van der Waals surface area contributed by atoms with Crippen LogP contribution in [0.1, 0.15) is 17.0 Å². The van der Waals surface area contributed by atoms with Crippen LogP contribution in [0.25, 0.3) is 0 Å². The number of imidazole rings is 1. The zero-order chi connectivity index (χ0) is 13.2. The van der Waals surface area contributed by atoms with Gasteiger partial charge in [0, 0.05) is 31.9 Å². The Bertz CT molecular complexity index is 534. The van der Waals surface area contributed by atoms with Crippen LogP contribution in [-0.4, -0.2) is 22.6 Å². The van der Waals surface area contributed by atoms with E-state index in [1.165, 1.54) is 24.0 Å². The molecule has 0 amide bonds. The normalized spacial score (nSPS) is 16.5. The summed E-state index contributed by atoms with van der Waals surface area (Å²) in [4.78, 5) is 4.45. The van der Waals surface area contributed by atoms with Gasteiger partial charge in [-0.05, 0) is 36.9 Å². The van der Waals surface area contributed by atoms with Crippen molar-refractivity contribution in [1.82, 2.24) is 14.9 Å². The van der Waals surface area contributed by atoms with Crippen LogP contribution < -0.4 is 5.32 Å². The first-order valence-electron chi connectivity index (χ1n) is 6.98. The molecule has 0 saturated heterocycles. The lowest BCUT2D eigenvalue weighted by molar-refractivity contribution is 0.375. The Morgan fingerprint density at radius 1 is 1.32 bits per heavy atom. The minimum absolute atomic E-state index is 0.494. The summed E-state index contributed by atoms with van der Waals surface area (Å²) in [7, 11) is 4.13. The van der Waals surface area contributed by atoms with Crippen molar-refractivity contribution in [3.8, 4) is 0 Å². The van der Waals surface area contributed by atoms with Crippen molar-refractivity contribution in [3.63, 3.8) is 0 Å². The molecule has 1 aromatic heterocycles. The quantitative estimate of drug-likeness (QED) is 0.905. The Kier molecular flexibility index (Phi) is 3.38. The molecule has 0 aliphatic heterocycles. The van der Waals surface area contributed by atoms with E-state index in [2.05, 4.69) is 53.2 Å². The number of hydrogen-bond donors (Lipinski definition) is 1. The molecule has 1 atom stereocenters. The van der Waals surface area contributed by atoms with Crippen LogP contribution in [0.2, 0.25) is 0 Å². The Hall–Kier alpha value is -1.61. The molecule has 0 saturated carbocycles. The molecule has 0 bridgehead atoms. The molecule has 1 N–H and O–H groups in total. The van der Waals surface area contributed by atoms with E-state index in [-0.39, 0.29) is 0 Å². The molecule has 1 heterocycles. The van der Waals surface area contributed by atoms with Crippen LogP contribution in [0.3, 0.4) is 0 Å². The second kappa shape index (κ2) is 5.17. The smallest absolute Gasteiger partial charge is 0.109 e. The molecular weight excluding hydrogens is 234 g/mol. The third-order valence-electron chi connectivity index (χ3n) is 4.35. The summed E-state index contributed by atoms with van der Waals surface area (Å²) < 4.78 is 2.12. The number of fused-ring (bicyclic) bond motifs is 1. The number of nitrogens with one attached hydrogen (secondary N) is 1. The summed E-state index contributed by atoms with van der Waals surface area (Å²) >= 11 is 0. The third-order valence-corrected chi connectivity index (χ3v) is 4.35. The van der Waals surface area contributed by atoms with Gasteiger partial charge >= 0.3 is 0 Å². The molecular formula is C16H21N3. The van der Waals surface area contributed by atoms with Gasteiger partial charge in [-0.2, -0.15) is 0 Å². The second-order valence-electron chi connectivity index (χ2n) is 5.49. The zero-order valence-electron chi connectivity index (χ0n) is 11.6. The third kappa shape index (κ3) is 2.43. The lowest BCUT2D eigenvalue weighted by atomic mass is 9.94. The van der Waals surface area contributed by atoms with E-state index >= 15 is 0 Å². The first-order chi connectivity index (χ1) is 9.28. The molecule has 1 aliphatic rings. The fraction of sp³-hybridized carbons (Fsp3) is 0.438. The fourth-order valence-corrected chi connectivity index (χ4v) is 3.17. The molecule has 0 radical (unpaired) electrons. The monoisotopic (exact) mass is 255 g/mol. The maximum absolute atomic E-state index is 4.45. The van der Waals surface area contributed by atoms with Gasteiger partial charge in [0.25, 0.3) is 0 Å². The minimum Gasteiger partial charge on any atom is -0.338 e. The molecule has 2 aromatic rings. The number of aryl methyl sites for hydroxylation is 1. The average molecular weight is 255 g/mol. The topological polar surface area (TPSA) is 29.9 Å². The summed E-state index contributed by atoms with van der Waals surface area (Å²) in [5, 5.41) is 3.49. The van der Waals surface area contributed by atoms with Crippen LogP contribution in [0.4, 0.5) is 0 Å². The number of rotatable bonds is 4. The first kappa shape index (κ1) is 12.4. The Balaban J connectivity index is 1.73. The lowest BCUT2D eigenvalue weighted by Gasteiger charge is -2.22. The number of aromatic nitrogens is 2. The van der Waals surface area contributed by atoms with E-state index in [1.54, 1.807) is 0 Å². The number of likely N-dealkylation sites (N-methyl/N-ethyl adjacent to an activating group) is 1. The van der Waals surface area contributed by atoms with Crippen LogP contribution in [0.5, 0.6) is 0 Å². The van der Waals surface area contributed by atoms with E-state index in [4.69, 9.17) is 0 Å². The van der Waals surface area contributed by atoms with Gasteiger partial charge in [0.15, 0.2) is 0 Å². The van der Waals surface area contributed by atoms with Gasteiger partial charge in [0.05, 0.1) is 0 Å². The molecule has 1 aliphatic carbocycles. The van der Waals surface area contributed by atoms with Crippen molar-refractivity contribution < 1.29 is 0 Å². The Morgan fingerprint density at radius 3 is 2.53 bits per heavy atom. The molecule has 0 spiro atoms. The molecule has 1 unspecified atom stereocenters. The van der Waals surface area contributed by atoms with Gasteiger partial charge < -0.3 is 9.88 Å². The highest BCUT2D eigenvalue weighted by Crippen LogP contribution is 2.29. The van der Waals surface area contributed by atoms with E-state index < -0.39 is 0 Å². The second-order valence-corrected chi connectivity index (χ2v) is 5.49. The van der Waals surface area contributed by atoms with Crippen molar-refractivity contribution in [3.05, 3.63) is 53.6 Å². The van der Waals surface area contributed by atoms with Crippen molar-refractivity contribution >= 4 is 0 Å². The maximum Gasteiger partial charge on any atom is 0.109 e. The van der Waals surface area contributed by atoms with Crippen LogP contribution >= 0.6 is 0 Å². The van der Waals surface area contributed by atoms with Crippen molar-refractivity contribution in [1.29, 1.82) is 0 Å². The number of hydrogen-bond acceptors (Lipinski definition) is 2. The van der Waals surface area contributed by atoms with Gasteiger partial charge in [-0.1, -0.05) is 24.3 Å². The molecule has 3 rings (SSSR count). The summed E-state index contributed by atoms with van der Waals surface area (Å²) in [6.45, 7) is 0. The average Bonchev–Trinajstić information content (AvgIpc) is 3.02. The minimum atomic E-state index is 0.494. The predicted octanol–water partition coefficient (Wildman–Crippen LogP) is 1.97. The van der Waals surface area contributed by atoms with Crippen LogP contribution in [0.15, 0.2) is 36.7 Å². The van der Waals surface area contributed by atoms with E-state index in [9.17, 15) is 0 Å². The largest absolute Gasteiger partial charge is 0.338 e. The van der Waals surface area contributed by atoms with Gasteiger partial charge in [0.2, 0.25) is 0 Å². The summed E-state index contributed by atoms with van der Waals surface area (Å²) in [5.41, 5.74) is 3.04. The van der Waals surface area contributed by atoms with E-state index in [0.717, 1.165) is 12.2 Å². The first-order valence-corrected chi connectivity index (χ1v) is 6.98. The highest BCUT2D eigenvalue weighted by Gasteiger charge is 2.28. The number of nitrogens with zero attached hydrogens (tertiary/aromatic N) is 2. The molecule has 100 valence electrons. The van der Waals surface area contributed by atoms with Crippen molar-refractivity contribution in [2.75, 3.05) is 7.05 Å². The predicted molar refractivity (Wildman–Crippen MR) is 77.1 cm³/mol. The Labute approximate surface area is 114 Å². The van der Waals surface area contributed by atoms with Gasteiger partial charge in [-0.15, -0.1) is 0 Å². The standard InChI is InChI=1S/C16H21N3/c1-17-15(11-16-18-7-8-19(16)2)14-9-12-5-3-4-6-13(12)10-14/h3-8,14-15,17H,9-11H2,1-2H3. The Morgan fingerprint density at radius 2 is 2.00 bits per heavy atom. The van der Waals surface area contributed by atoms with Crippen molar-refractivity contribution in [2.45, 2.75) is 25.3 Å². The van der Waals surface area contributed by atoms with E-state index in [0.29, 0.717) is 12.0 Å². The van der Waals surface area contributed by atoms with Gasteiger partial charge in [0.1, 0.15) is 5.82 Å². The SMILES string of the molecule is CNC(Cc1nccn1C)C1Cc2ccccc2C1. The van der Waals surface area contributed by atoms with Crippen LogP contribution in [0, 0.1) is 5.92 Å². The van der Waals surface area contributed by atoms with E-state index in [1.807, 2.05) is 12.4 Å². The highest BCUT2D eigenvalue weighted by atomic mass is 15.0. The molecule has 19 heavy (non-hydrogen) atoms. The van der Waals surface area contributed by atoms with Gasteiger partial charge in [-0.3, -0.25) is 0 Å². The summed E-state index contributed by atoms with van der Waals surface area (Å²) in [5.74, 6) is 1.84. The van der Waals surface area contributed by atoms with Crippen LogP contribution in [-0.2, 0) is 26.3 Å². The zero-order valence-corrected chi connectivity index (χ0v) is 11.6. The molecule has 0 fully saturated rings.